The maximum atomic E-state index is 13.1. The van der Waals surface area contributed by atoms with E-state index in [4.69, 9.17) is 44.3 Å². The lowest BCUT2D eigenvalue weighted by Gasteiger charge is -2.26. The number of halogens is 3. The number of anilines is 1. The molecule has 4 amide bonds. The van der Waals surface area contributed by atoms with Gasteiger partial charge in [-0.25, -0.2) is 9.69 Å². The molecule has 7 nitrogen and oxygen atoms in total. The van der Waals surface area contributed by atoms with Crippen LogP contribution in [0, 0.1) is 0 Å². The SMILES string of the molecule is CCOc1cc(/C=C2/C(=O)NC(=O)N(c3ccc(Cl)cc3)C2=O)cc(Cl)c1OCc1ccc(Cl)cc1. The zero-order valence-electron chi connectivity index (χ0n) is 18.9. The summed E-state index contributed by atoms with van der Waals surface area (Å²) in [6.07, 6.45) is 1.34. The van der Waals surface area contributed by atoms with Crippen LogP contribution in [0.4, 0.5) is 10.5 Å². The van der Waals surface area contributed by atoms with Crippen molar-refractivity contribution < 1.29 is 23.9 Å². The average molecular weight is 546 g/mol. The van der Waals surface area contributed by atoms with Crippen molar-refractivity contribution in [3.63, 3.8) is 0 Å². The Balaban J connectivity index is 1.65. The van der Waals surface area contributed by atoms with E-state index in [0.717, 1.165) is 10.5 Å². The number of urea groups is 1. The second-order valence-electron chi connectivity index (χ2n) is 7.61. The lowest BCUT2D eigenvalue weighted by molar-refractivity contribution is -0.122. The molecular formula is C26H19Cl3N2O5. The molecule has 1 N–H and O–H groups in total. The molecule has 0 aromatic heterocycles. The summed E-state index contributed by atoms with van der Waals surface area (Å²) in [5, 5.41) is 3.45. The fourth-order valence-electron chi connectivity index (χ4n) is 3.46. The minimum atomic E-state index is -0.858. The van der Waals surface area contributed by atoms with Gasteiger partial charge in [0.2, 0.25) is 0 Å². The van der Waals surface area contributed by atoms with Gasteiger partial charge < -0.3 is 9.47 Å². The maximum absolute atomic E-state index is 13.1. The second-order valence-corrected chi connectivity index (χ2v) is 8.89. The first-order valence-electron chi connectivity index (χ1n) is 10.8. The molecular weight excluding hydrogens is 527 g/mol. The fourth-order valence-corrected chi connectivity index (χ4v) is 3.98. The molecule has 3 aromatic rings. The normalized spacial score (nSPS) is 14.7. The zero-order valence-corrected chi connectivity index (χ0v) is 21.2. The first kappa shape index (κ1) is 25.6. The number of barbiturate groups is 1. The topological polar surface area (TPSA) is 84.9 Å². The number of carbonyl (C=O) groups is 3. The highest BCUT2D eigenvalue weighted by Crippen LogP contribution is 2.38. The third kappa shape index (κ3) is 5.65. The van der Waals surface area contributed by atoms with Crippen LogP contribution in [0.25, 0.3) is 6.08 Å². The minimum Gasteiger partial charge on any atom is -0.490 e. The highest BCUT2D eigenvalue weighted by molar-refractivity contribution is 6.39. The third-order valence-corrected chi connectivity index (χ3v) is 5.91. The van der Waals surface area contributed by atoms with Gasteiger partial charge in [0.25, 0.3) is 11.8 Å². The molecule has 1 saturated heterocycles. The van der Waals surface area contributed by atoms with Gasteiger partial charge in [0.05, 0.1) is 17.3 Å². The monoisotopic (exact) mass is 544 g/mol. The average Bonchev–Trinajstić information content (AvgIpc) is 2.83. The molecule has 0 bridgehead atoms. The molecule has 36 heavy (non-hydrogen) atoms. The van der Waals surface area contributed by atoms with Gasteiger partial charge in [-0.2, -0.15) is 0 Å². The maximum Gasteiger partial charge on any atom is 0.335 e. The Morgan fingerprint density at radius 1 is 0.889 bits per heavy atom. The summed E-state index contributed by atoms with van der Waals surface area (Å²) >= 11 is 18.3. The molecule has 0 atom stereocenters. The van der Waals surface area contributed by atoms with Crippen molar-refractivity contribution in [3.8, 4) is 11.5 Å². The van der Waals surface area contributed by atoms with E-state index in [-0.39, 0.29) is 22.9 Å². The van der Waals surface area contributed by atoms with E-state index in [1.807, 2.05) is 12.1 Å². The number of imide groups is 2. The number of hydrogen-bond acceptors (Lipinski definition) is 5. The van der Waals surface area contributed by atoms with Crippen LogP contribution in [-0.2, 0) is 16.2 Å². The summed E-state index contributed by atoms with van der Waals surface area (Å²) in [5.74, 6) is -0.969. The van der Waals surface area contributed by atoms with Crippen LogP contribution in [0.3, 0.4) is 0 Å². The molecule has 0 saturated carbocycles. The van der Waals surface area contributed by atoms with Gasteiger partial charge in [-0.1, -0.05) is 46.9 Å². The number of hydrogen-bond donors (Lipinski definition) is 1. The summed E-state index contributed by atoms with van der Waals surface area (Å²) < 4.78 is 11.6. The number of benzene rings is 3. The highest BCUT2D eigenvalue weighted by atomic mass is 35.5. The van der Waals surface area contributed by atoms with Gasteiger partial charge in [0.15, 0.2) is 11.5 Å². The molecule has 184 valence electrons. The van der Waals surface area contributed by atoms with E-state index >= 15 is 0 Å². The largest absolute Gasteiger partial charge is 0.490 e. The van der Waals surface area contributed by atoms with Crippen LogP contribution >= 0.6 is 34.8 Å². The van der Waals surface area contributed by atoms with Crippen molar-refractivity contribution in [2.75, 3.05) is 11.5 Å². The van der Waals surface area contributed by atoms with Gasteiger partial charge in [-0.3, -0.25) is 14.9 Å². The van der Waals surface area contributed by atoms with Gasteiger partial charge >= 0.3 is 6.03 Å². The summed E-state index contributed by atoms with van der Waals surface area (Å²) in [5.41, 5.74) is 1.30. The molecule has 1 aliphatic heterocycles. The Kier molecular flexibility index (Phi) is 7.84. The van der Waals surface area contributed by atoms with E-state index < -0.39 is 17.8 Å². The fraction of sp³-hybridized carbons (Fsp3) is 0.115. The Hall–Kier alpha value is -3.52. The number of ether oxygens (including phenoxy) is 2. The van der Waals surface area contributed by atoms with Crippen LogP contribution in [0.2, 0.25) is 15.1 Å². The number of amides is 4. The molecule has 0 unspecified atom stereocenters. The Morgan fingerprint density at radius 2 is 1.53 bits per heavy atom. The van der Waals surface area contributed by atoms with E-state index in [9.17, 15) is 14.4 Å². The minimum absolute atomic E-state index is 0.219. The molecule has 1 aliphatic rings. The van der Waals surface area contributed by atoms with Gasteiger partial charge in [0.1, 0.15) is 12.2 Å². The van der Waals surface area contributed by atoms with Crippen molar-refractivity contribution in [1.29, 1.82) is 0 Å². The standard InChI is InChI=1S/C26H19Cl3N2O5/c1-2-35-22-13-16(12-21(29)23(22)36-14-15-3-5-17(27)6-4-15)11-20-24(32)30-26(34)31(25(20)33)19-9-7-18(28)8-10-19/h3-13H,2,14H2,1H3,(H,30,32,34)/b20-11-. The Morgan fingerprint density at radius 3 is 2.17 bits per heavy atom. The molecule has 4 rings (SSSR count). The van der Waals surface area contributed by atoms with Gasteiger partial charge in [0, 0.05) is 10.0 Å². The van der Waals surface area contributed by atoms with Crippen molar-refractivity contribution >= 4 is 64.4 Å². The quantitative estimate of drug-likeness (QED) is 0.279. The van der Waals surface area contributed by atoms with Crippen LogP contribution in [0.15, 0.2) is 66.2 Å². The molecule has 3 aromatic carbocycles. The Labute approximate surface area is 222 Å². The number of rotatable bonds is 7. The summed E-state index contributed by atoms with van der Waals surface area (Å²) in [6, 6.07) is 15.5. The number of carbonyl (C=O) groups excluding carboxylic acids is 3. The van der Waals surface area contributed by atoms with E-state index in [1.165, 1.54) is 36.4 Å². The van der Waals surface area contributed by atoms with E-state index in [1.54, 1.807) is 25.1 Å². The van der Waals surface area contributed by atoms with Crippen molar-refractivity contribution in [3.05, 3.63) is 92.4 Å². The van der Waals surface area contributed by atoms with Gasteiger partial charge in [-0.15, -0.1) is 0 Å². The summed E-state index contributed by atoms with van der Waals surface area (Å²) in [4.78, 5) is 38.9. The molecule has 0 aliphatic carbocycles. The first-order chi connectivity index (χ1) is 17.3. The molecule has 0 spiro atoms. The summed E-state index contributed by atoms with van der Waals surface area (Å²) in [6.45, 7) is 2.35. The zero-order chi connectivity index (χ0) is 25.8. The van der Waals surface area contributed by atoms with Crippen molar-refractivity contribution in [2.45, 2.75) is 13.5 Å². The van der Waals surface area contributed by atoms with Crippen LogP contribution in [0.1, 0.15) is 18.1 Å². The number of nitrogens with one attached hydrogen (secondary N) is 1. The van der Waals surface area contributed by atoms with E-state index in [0.29, 0.717) is 33.7 Å². The molecule has 0 radical (unpaired) electrons. The summed E-state index contributed by atoms with van der Waals surface area (Å²) in [7, 11) is 0. The third-order valence-electron chi connectivity index (χ3n) is 5.13. The molecule has 1 fully saturated rings. The molecule has 1 heterocycles. The first-order valence-corrected chi connectivity index (χ1v) is 11.9. The van der Waals surface area contributed by atoms with Gasteiger partial charge in [-0.05, 0) is 72.7 Å². The predicted octanol–water partition coefficient (Wildman–Crippen LogP) is 6.29. The highest BCUT2D eigenvalue weighted by Gasteiger charge is 2.36. The van der Waals surface area contributed by atoms with Crippen molar-refractivity contribution in [1.82, 2.24) is 5.32 Å². The van der Waals surface area contributed by atoms with Crippen LogP contribution < -0.4 is 19.7 Å². The Bertz CT molecular complexity index is 1360. The van der Waals surface area contributed by atoms with Crippen molar-refractivity contribution in [2.24, 2.45) is 0 Å². The smallest absolute Gasteiger partial charge is 0.335 e. The second kappa shape index (κ2) is 11.0. The lowest BCUT2D eigenvalue weighted by Crippen LogP contribution is -2.54. The van der Waals surface area contributed by atoms with Crippen LogP contribution in [0.5, 0.6) is 11.5 Å². The van der Waals surface area contributed by atoms with E-state index in [2.05, 4.69) is 5.32 Å². The lowest BCUT2D eigenvalue weighted by atomic mass is 10.1. The molecule has 10 heteroatoms. The number of nitrogens with zero attached hydrogens (tertiary/aromatic N) is 1. The predicted molar refractivity (Wildman–Crippen MR) is 139 cm³/mol. The van der Waals surface area contributed by atoms with Crippen LogP contribution in [-0.4, -0.2) is 24.5 Å².